The van der Waals surface area contributed by atoms with E-state index in [0.29, 0.717) is 12.8 Å². The minimum Gasteiger partial charge on any atom is -0.481 e. The van der Waals surface area contributed by atoms with Gasteiger partial charge in [0.2, 0.25) is 5.91 Å². The lowest BCUT2D eigenvalue weighted by Crippen LogP contribution is -2.30. The van der Waals surface area contributed by atoms with Crippen molar-refractivity contribution in [2.24, 2.45) is 11.8 Å². The third kappa shape index (κ3) is 4.07. The van der Waals surface area contributed by atoms with Gasteiger partial charge in [0.05, 0.1) is 12.0 Å². The van der Waals surface area contributed by atoms with Gasteiger partial charge in [-0.25, -0.2) is 0 Å². The third-order valence-corrected chi connectivity index (χ3v) is 4.37. The van der Waals surface area contributed by atoms with Crippen LogP contribution in [0.2, 0.25) is 0 Å². The molecule has 0 saturated heterocycles. The molecule has 22 heavy (non-hydrogen) atoms. The highest BCUT2D eigenvalue weighted by Gasteiger charge is 2.31. The summed E-state index contributed by atoms with van der Waals surface area (Å²) >= 11 is 0. The molecule has 3 atom stereocenters. The van der Waals surface area contributed by atoms with Crippen LogP contribution in [0.1, 0.15) is 44.3 Å². The van der Waals surface area contributed by atoms with E-state index in [1.165, 1.54) is 0 Å². The van der Waals surface area contributed by atoms with Gasteiger partial charge in [0, 0.05) is 18.7 Å². The van der Waals surface area contributed by atoms with Crippen LogP contribution in [0.15, 0.2) is 24.3 Å². The van der Waals surface area contributed by atoms with Crippen molar-refractivity contribution < 1.29 is 19.4 Å². The Balaban J connectivity index is 2.01. The minimum absolute atomic E-state index is 0.0390. The Morgan fingerprint density at radius 3 is 2.73 bits per heavy atom. The molecule has 5 nitrogen and oxygen atoms in total. The Hall–Kier alpha value is -1.88. The largest absolute Gasteiger partial charge is 0.481 e. The van der Waals surface area contributed by atoms with Crippen LogP contribution >= 0.6 is 0 Å². The van der Waals surface area contributed by atoms with Crippen molar-refractivity contribution in [1.29, 1.82) is 0 Å². The Bertz CT molecular complexity index is 543. The van der Waals surface area contributed by atoms with Gasteiger partial charge in [0.15, 0.2) is 0 Å². The van der Waals surface area contributed by atoms with Crippen molar-refractivity contribution in [2.75, 3.05) is 12.4 Å². The number of anilines is 1. The Morgan fingerprint density at radius 2 is 2.05 bits per heavy atom. The average molecular weight is 305 g/mol. The number of carboxylic acid groups (broad SMARTS) is 1. The summed E-state index contributed by atoms with van der Waals surface area (Å²) in [5.74, 6) is -1.51. The molecule has 0 bridgehead atoms. The smallest absolute Gasteiger partial charge is 0.306 e. The lowest BCUT2D eigenvalue weighted by atomic mass is 9.81. The van der Waals surface area contributed by atoms with Gasteiger partial charge in [-0.3, -0.25) is 9.59 Å². The molecule has 2 N–H and O–H groups in total. The molecule has 1 aliphatic rings. The summed E-state index contributed by atoms with van der Waals surface area (Å²) in [6.45, 7) is 1.94. The van der Waals surface area contributed by atoms with Crippen LogP contribution in [-0.2, 0) is 14.3 Å². The number of hydrogen-bond donors (Lipinski definition) is 2. The zero-order chi connectivity index (χ0) is 16.1. The first-order valence-electron chi connectivity index (χ1n) is 7.67. The van der Waals surface area contributed by atoms with E-state index in [1.807, 2.05) is 31.2 Å². The molecule has 1 amide bonds. The second-order valence-corrected chi connectivity index (χ2v) is 5.89. The maximum atomic E-state index is 12.4. The van der Waals surface area contributed by atoms with Crippen LogP contribution in [0.3, 0.4) is 0 Å². The predicted molar refractivity (Wildman–Crippen MR) is 83.6 cm³/mol. The average Bonchev–Trinajstić information content (AvgIpc) is 2.54. The van der Waals surface area contributed by atoms with Crippen LogP contribution in [0.25, 0.3) is 0 Å². The number of hydrogen-bond acceptors (Lipinski definition) is 3. The normalized spacial score (nSPS) is 22.8. The SMILES string of the molecule is COC(C)c1cccc(NC(=O)C2CCCC(C(=O)O)C2)c1. The number of carboxylic acids is 1. The summed E-state index contributed by atoms with van der Waals surface area (Å²) in [5.41, 5.74) is 1.72. The van der Waals surface area contributed by atoms with E-state index < -0.39 is 11.9 Å². The molecule has 5 heteroatoms. The molecule has 1 aromatic carbocycles. The Kier molecular flexibility index (Phi) is 5.55. The van der Waals surface area contributed by atoms with Gasteiger partial charge in [0.25, 0.3) is 0 Å². The molecule has 0 aromatic heterocycles. The zero-order valence-corrected chi connectivity index (χ0v) is 13.0. The maximum absolute atomic E-state index is 12.4. The van der Waals surface area contributed by atoms with Gasteiger partial charge in [-0.05, 0) is 43.9 Å². The van der Waals surface area contributed by atoms with Crippen LogP contribution < -0.4 is 5.32 Å². The standard InChI is InChI=1S/C17H23NO4/c1-11(22-2)12-5-4-8-15(10-12)18-16(19)13-6-3-7-14(9-13)17(20)21/h4-5,8,10-11,13-14H,3,6-7,9H2,1-2H3,(H,18,19)(H,20,21). The fourth-order valence-corrected chi connectivity index (χ4v) is 2.90. The van der Waals surface area contributed by atoms with E-state index in [-0.39, 0.29) is 17.9 Å². The molecular weight excluding hydrogens is 282 g/mol. The third-order valence-electron chi connectivity index (χ3n) is 4.37. The molecule has 0 spiro atoms. The van der Waals surface area contributed by atoms with E-state index in [4.69, 9.17) is 9.84 Å². The number of aliphatic carboxylic acids is 1. The first-order chi connectivity index (χ1) is 10.5. The van der Waals surface area contributed by atoms with Gasteiger partial charge < -0.3 is 15.2 Å². The summed E-state index contributed by atoms with van der Waals surface area (Å²) < 4.78 is 5.27. The van der Waals surface area contributed by atoms with Crippen molar-refractivity contribution in [3.05, 3.63) is 29.8 Å². The molecule has 1 aliphatic carbocycles. The first-order valence-corrected chi connectivity index (χ1v) is 7.67. The fourth-order valence-electron chi connectivity index (χ4n) is 2.90. The predicted octanol–water partition coefficient (Wildman–Crippen LogP) is 3.22. The highest BCUT2D eigenvalue weighted by atomic mass is 16.5. The molecule has 0 heterocycles. The Labute approximate surface area is 130 Å². The molecule has 1 saturated carbocycles. The van der Waals surface area contributed by atoms with Crippen LogP contribution in [0.5, 0.6) is 0 Å². The molecule has 1 fully saturated rings. The van der Waals surface area contributed by atoms with Gasteiger partial charge in [-0.15, -0.1) is 0 Å². The lowest BCUT2D eigenvalue weighted by molar-refractivity contribution is -0.143. The number of amides is 1. The second kappa shape index (κ2) is 7.40. The maximum Gasteiger partial charge on any atom is 0.306 e. The molecule has 0 aliphatic heterocycles. The molecule has 3 unspecified atom stereocenters. The summed E-state index contributed by atoms with van der Waals surface area (Å²) in [5, 5.41) is 12.0. The van der Waals surface area contributed by atoms with E-state index >= 15 is 0 Å². The summed E-state index contributed by atoms with van der Waals surface area (Å²) in [6, 6.07) is 7.55. The van der Waals surface area contributed by atoms with Gasteiger partial charge >= 0.3 is 5.97 Å². The Morgan fingerprint density at radius 1 is 1.32 bits per heavy atom. The highest BCUT2D eigenvalue weighted by Crippen LogP contribution is 2.30. The van der Waals surface area contributed by atoms with Crippen LogP contribution in [-0.4, -0.2) is 24.1 Å². The molecule has 1 aromatic rings. The molecular formula is C17H23NO4. The molecule has 0 radical (unpaired) electrons. The van der Waals surface area contributed by atoms with Gasteiger partial charge in [-0.1, -0.05) is 18.6 Å². The number of ether oxygens (including phenoxy) is 1. The fraction of sp³-hybridized carbons (Fsp3) is 0.529. The zero-order valence-electron chi connectivity index (χ0n) is 13.0. The quantitative estimate of drug-likeness (QED) is 0.875. The lowest BCUT2D eigenvalue weighted by Gasteiger charge is -2.25. The first kappa shape index (κ1) is 16.5. The van der Waals surface area contributed by atoms with Crippen molar-refractivity contribution >= 4 is 17.6 Å². The van der Waals surface area contributed by atoms with Crippen molar-refractivity contribution in [3.8, 4) is 0 Å². The van der Waals surface area contributed by atoms with E-state index in [1.54, 1.807) is 7.11 Å². The van der Waals surface area contributed by atoms with E-state index in [0.717, 1.165) is 24.1 Å². The number of benzene rings is 1. The second-order valence-electron chi connectivity index (χ2n) is 5.89. The summed E-state index contributed by atoms with van der Waals surface area (Å²) in [4.78, 5) is 23.4. The number of nitrogens with one attached hydrogen (secondary N) is 1. The number of methoxy groups -OCH3 is 1. The van der Waals surface area contributed by atoms with Crippen LogP contribution in [0.4, 0.5) is 5.69 Å². The van der Waals surface area contributed by atoms with E-state index in [9.17, 15) is 9.59 Å². The van der Waals surface area contributed by atoms with Crippen molar-refractivity contribution in [3.63, 3.8) is 0 Å². The van der Waals surface area contributed by atoms with Gasteiger partial charge in [-0.2, -0.15) is 0 Å². The number of rotatable bonds is 5. The monoisotopic (exact) mass is 305 g/mol. The summed E-state index contributed by atoms with van der Waals surface area (Å²) in [6.07, 6.45) is 2.59. The van der Waals surface area contributed by atoms with Crippen molar-refractivity contribution in [2.45, 2.75) is 38.7 Å². The molecule has 120 valence electrons. The van der Waals surface area contributed by atoms with Crippen molar-refractivity contribution in [1.82, 2.24) is 0 Å². The van der Waals surface area contributed by atoms with E-state index in [2.05, 4.69) is 5.32 Å². The minimum atomic E-state index is -0.798. The van der Waals surface area contributed by atoms with Crippen LogP contribution in [0, 0.1) is 11.8 Å². The number of carbonyl (C=O) groups is 2. The van der Waals surface area contributed by atoms with Gasteiger partial charge in [0.1, 0.15) is 0 Å². The highest BCUT2D eigenvalue weighted by molar-refractivity contribution is 5.93. The molecule has 2 rings (SSSR count). The number of carbonyl (C=O) groups excluding carboxylic acids is 1. The summed E-state index contributed by atoms with van der Waals surface area (Å²) in [7, 11) is 1.64. The topological polar surface area (TPSA) is 75.6 Å².